The van der Waals surface area contributed by atoms with Gasteiger partial charge in [0.25, 0.3) is 0 Å². The third-order valence-corrected chi connectivity index (χ3v) is 14.7. The van der Waals surface area contributed by atoms with Gasteiger partial charge in [-0.25, -0.2) is 0 Å². The molecule has 1 aliphatic heterocycles. The molecular formula is C57H113NO10. The van der Waals surface area contributed by atoms with E-state index in [2.05, 4.69) is 12.2 Å². The van der Waals surface area contributed by atoms with Gasteiger partial charge in [-0.1, -0.05) is 277 Å². The van der Waals surface area contributed by atoms with Crippen LogP contribution in [0.15, 0.2) is 0 Å². The number of carbonyl (C=O) groups excluding carboxylic acids is 1. The van der Waals surface area contributed by atoms with E-state index in [0.29, 0.717) is 19.3 Å². The van der Waals surface area contributed by atoms with E-state index in [-0.39, 0.29) is 6.42 Å². The van der Waals surface area contributed by atoms with Gasteiger partial charge in [-0.15, -0.1) is 0 Å². The summed E-state index contributed by atoms with van der Waals surface area (Å²) in [6.07, 6.45) is 43.5. The first-order chi connectivity index (χ1) is 33.2. The van der Waals surface area contributed by atoms with Crippen LogP contribution in [-0.4, -0.2) is 110 Å². The Balaban J connectivity index is 1.95. The van der Waals surface area contributed by atoms with Crippen LogP contribution in [0.1, 0.15) is 290 Å². The lowest BCUT2D eigenvalue weighted by Crippen LogP contribution is -2.60. The van der Waals surface area contributed by atoms with Gasteiger partial charge >= 0.3 is 0 Å². The number of hydrogen-bond donors (Lipinski definition) is 8. The van der Waals surface area contributed by atoms with E-state index in [0.717, 1.165) is 32.1 Å². The van der Waals surface area contributed by atoms with Crippen LogP contribution >= 0.6 is 0 Å². The summed E-state index contributed by atoms with van der Waals surface area (Å²) in [6.45, 7) is 3.27. The molecule has 1 heterocycles. The van der Waals surface area contributed by atoms with Gasteiger partial charge in [0.15, 0.2) is 6.29 Å². The maximum Gasteiger partial charge on any atom is 0.249 e. The molecule has 9 atom stereocenters. The lowest BCUT2D eigenvalue weighted by molar-refractivity contribution is -0.303. The number of rotatable bonds is 51. The fourth-order valence-corrected chi connectivity index (χ4v) is 9.86. The van der Waals surface area contributed by atoms with Crippen LogP contribution in [0.4, 0.5) is 0 Å². The van der Waals surface area contributed by atoms with Crippen LogP contribution < -0.4 is 5.32 Å². The summed E-state index contributed by atoms with van der Waals surface area (Å²) in [6, 6.07) is -1.16. The molecule has 1 amide bonds. The number of hydrogen-bond acceptors (Lipinski definition) is 10. The predicted molar refractivity (Wildman–Crippen MR) is 280 cm³/mol. The molecule has 0 radical (unpaired) electrons. The topological polar surface area (TPSA) is 189 Å². The predicted octanol–water partition coefficient (Wildman–Crippen LogP) is 12.2. The fraction of sp³-hybridized carbons (Fsp3) is 0.982. The summed E-state index contributed by atoms with van der Waals surface area (Å²) < 4.78 is 11.0. The second-order valence-corrected chi connectivity index (χ2v) is 21.1. The van der Waals surface area contributed by atoms with Crippen molar-refractivity contribution in [2.75, 3.05) is 13.2 Å². The highest BCUT2D eigenvalue weighted by atomic mass is 16.7. The number of carbonyl (C=O) groups is 1. The zero-order valence-electron chi connectivity index (χ0n) is 44.4. The lowest BCUT2D eigenvalue weighted by Gasteiger charge is -2.40. The number of amides is 1. The van der Waals surface area contributed by atoms with E-state index in [4.69, 9.17) is 9.47 Å². The smallest absolute Gasteiger partial charge is 0.249 e. The minimum atomic E-state index is -1.65. The molecule has 11 nitrogen and oxygen atoms in total. The minimum absolute atomic E-state index is 0.265. The van der Waals surface area contributed by atoms with Gasteiger partial charge < -0.3 is 50.5 Å². The average molecular weight is 973 g/mol. The molecule has 1 fully saturated rings. The molecule has 0 spiro atoms. The Kier molecular flexibility index (Phi) is 45.1. The van der Waals surface area contributed by atoms with Gasteiger partial charge in [-0.2, -0.15) is 0 Å². The molecule has 9 unspecified atom stereocenters. The second kappa shape index (κ2) is 47.1. The zero-order chi connectivity index (χ0) is 49.7. The van der Waals surface area contributed by atoms with Crippen LogP contribution in [0.3, 0.4) is 0 Å². The van der Waals surface area contributed by atoms with Crippen molar-refractivity contribution in [2.45, 2.75) is 345 Å². The number of nitrogens with one attached hydrogen (secondary N) is 1. The summed E-state index contributed by atoms with van der Waals surface area (Å²) in [5, 5.41) is 74.8. The highest BCUT2D eigenvalue weighted by Gasteiger charge is 2.44. The van der Waals surface area contributed by atoms with Crippen molar-refractivity contribution in [3.05, 3.63) is 0 Å². The molecule has 406 valence electrons. The molecule has 0 aromatic rings. The van der Waals surface area contributed by atoms with Crippen molar-refractivity contribution < 1.29 is 50.0 Å². The fourth-order valence-electron chi connectivity index (χ4n) is 9.86. The highest BCUT2D eigenvalue weighted by molar-refractivity contribution is 5.80. The van der Waals surface area contributed by atoms with E-state index in [1.54, 1.807) is 0 Å². The number of ether oxygens (including phenoxy) is 2. The standard InChI is InChI=1S/C57H113NO10/c1-3-5-7-8-9-10-11-12-13-14-15-16-17-18-19-20-21-22-23-24-25-26-27-28-29-30-31-32-33-34-35-36-37-38-39-40-41-43-45-50(61)56(66)58-48(52(62)49(60)44-42-6-4-2)47-67-57-55(65)54(64)53(63)51(46-59)68-57/h48-55,57,59-65H,3-47H2,1-2H3,(H,58,66). The molecule has 0 saturated carbocycles. The third kappa shape index (κ3) is 35.3. The quantitative estimate of drug-likeness (QED) is 0.0272. The van der Waals surface area contributed by atoms with Crippen LogP contribution in [-0.2, 0) is 14.3 Å². The first-order valence-electron chi connectivity index (χ1n) is 29.4. The average Bonchev–Trinajstić information content (AvgIpc) is 3.34. The van der Waals surface area contributed by atoms with Crippen molar-refractivity contribution in [1.29, 1.82) is 0 Å². The Hall–Kier alpha value is -0.890. The summed E-state index contributed by atoms with van der Waals surface area (Å²) in [4.78, 5) is 13.0. The molecule has 68 heavy (non-hydrogen) atoms. The Morgan fingerprint density at radius 3 is 1.10 bits per heavy atom. The molecule has 11 heteroatoms. The molecule has 0 aromatic heterocycles. The Morgan fingerprint density at radius 2 is 0.765 bits per heavy atom. The largest absolute Gasteiger partial charge is 0.394 e. The van der Waals surface area contributed by atoms with Crippen molar-refractivity contribution in [3.8, 4) is 0 Å². The molecule has 0 bridgehead atoms. The van der Waals surface area contributed by atoms with E-state index < -0.39 is 74.2 Å². The SMILES string of the molecule is CCCCCCCCCCCCCCCCCCCCCCCCCCCCCCCCCCCCCCCCC(O)C(=O)NC(COC1OC(CO)C(O)C(O)C1O)C(O)C(O)CCCCC. The summed E-state index contributed by atoms with van der Waals surface area (Å²) >= 11 is 0. The van der Waals surface area contributed by atoms with Crippen LogP contribution in [0.5, 0.6) is 0 Å². The van der Waals surface area contributed by atoms with Crippen molar-refractivity contribution >= 4 is 5.91 Å². The molecule has 1 rings (SSSR count). The number of aliphatic hydroxyl groups is 7. The van der Waals surface area contributed by atoms with Crippen LogP contribution in [0.25, 0.3) is 0 Å². The third-order valence-electron chi connectivity index (χ3n) is 14.7. The van der Waals surface area contributed by atoms with Crippen molar-refractivity contribution in [3.63, 3.8) is 0 Å². The Labute approximate surface area is 418 Å². The first kappa shape index (κ1) is 65.1. The van der Waals surface area contributed by atoms with Gasteiger partial charge in [-0.05, 0) is 12.8 Å². The summed E-state index contributed by atoms with van der Waals surface area (Å²) in [7, 11) is 0. The minimum Gasteiger partial charge on any atom is -0.394 e. The number of aliphatic hydroxyl groups excluding tert-OH is 7. The maximum atomic E-state index is 13.0. The Morgan fingerprint density at radius 1 is 0.456 bits per heavy atom. The number of unbranched alkanes of at least 4 members (excludes halogenated alkanes) is 39. The first-order valence-corrected chi connectivity index (χ1v) is 29.4. The molecule has 0 aliphatic carbocycles. The van der Waals surface area contributed by atoms with Gasteiger partial charge in [0, 0.05) is 0 Å². The molecule has 8 N–H and O–H groups in total. The second-order valence-electron chi connectivity index (χ2n) is 21.1. The van der Waals surface area contributed by atoms with Crippen molar-refractivity contribution in [2.24, 2.45) is 0 Å². The maximum absolute atomic E-state index is 13.0. The van der Waals surface area contributed by atoms with E-state index in [1.807, 2.05) is 6.92 Å². The molecule has 1 aliphatic rings. The van der Waals surface area contributed by atoms with E-state index >= 15 is 0 Å². The van der Waals surface area contributed by atoms with Crippen molar-refractivity contribution in [1.82, 2.24) is 5.32 Å². The molecular weight excluding hydrogens is 859 g/mol. The van der Waals surface area contributed by atoms with Gasteiger partial charge in [0.2, 0.25) is 5.91 Å². The lowest BCUT2D eigenvalue weighted by atomic mass is 9.98. The monoisotopic (exact) mass is 972 g/mol. The van der Waals surface area contributed by atoms with E-state index in [9.17, 15) is 40.5 Å². The Bertz CT molecular complexity index is 1070. The highest BCUT2D eigenvalue weighted by Crippen LogP contribution is 2.24. The zero-order valence-corrected chi connectivity index (χ0v) is 44.4. The van der Waals surface area contributed by atoms with Crippen LogP contribution in [0, 0.1) is 0 Å². The van der Waals surface area contributed by atoms with E-state index in [1.165, 1.54) is 218 Å². The normalized spacial score (nSPS) is 20.4. The van der Waals surface area contributed by atoms with Gasteiger partial charge in [0.05, 0.1) is 25.4 Å². The summed E-state index contributed by atoms with van der Waals surface area (Å²) in [5.74, 6) is -0.700. The van der Waals surface area contributed by atoms with Gasteiger partial charge in [0.1, 0.15) is 36.6 Å². The summed E-state index contributed by atoms with van der Waals surface area (Å²) in [5.41, 5.74) is 0. The molecule has 0 aromatic carbocycles. The molecule has 1 saturated heterocycles. The van der Waals surface area contributed by atoms with Gasteiger partial charge in [-0.3, -0.25) is 4.79 Å². The van der Waals surface area contributed by atoms with Crippen LogP contribution in [0.2, 0.25) is 0 Å².